The van der Waals surface area contributed by atoms with E-state index in [9.17, 15) is 171 Å². The Hall–Kier alpha value is -2.73. The van der Waals surface area contributed by atoms with Gasteiger partial charge in [-0.1, -0.05) is 289 Å². The molecule has 0 heterocycles. The maximum absolute atomic E-state index is 11.8. The van der Waals surface area contributed by atoms with Crippen molar-refractivity contribution in [2.45, 2.75) is 454 Å². The van der Waals surface area contributed by atoms with Crippen molar-refractivity contribution in [3.8, 4) is 0 Å². The predicted molar refractivity (Wildman–Crippen MR) is 406 cm³/mol. The molecular weight excluding hydrogens is 1710 g/mol. The maximum atomic E-state index is 11.8. The van der Waals surface area contributed by atoms with Gasteiger partial charge in [-0.05, 0) is 93.3 Å². The fourth-order valence-corrected chi connectivity index (χ4v) is 6.30. The molecule has 0 aromatic heterocycles. The van der Waals surface area contributed by atoms with E-state index in [1.165, 1.54) is 46.5 Å². The minimum Gasteiger partial charge on any atom is -0.171 e. The van der Waals surface area contributed by atoms with Crippen LogP contribution >= 0.6 is 0 Å². The summed E-state index contributed by atoms with van der Waals surface area (Å²) in [7, 11) is 0. The lowest BCUT2D eigenvalue weighted by atomic mass is 9.92. The molecule has 0 saturated carbocycles. The Morgan fingerprint density at radius 3 is 0.608 bits per heavy atom. The van der Waals surface area contributed by atoms with Gasteiger partial charge in [-0.3, -0.25) is 0 Å². The lowest BCUT2D eigenvalue weighted by molar-refractivity contribution is -0.327. The molecular formula is C81H149F39. The number of unbranched alkanes of at least 4 members (excludes halogenated alkanes) is 7. The van der Waals surface area contributed by atoms with Crippen LogP contribution in [0.25, 0.3) is 0 Å². The third-order valence-corrected chi connectivity index (χ3v) is 17.3. The molecule has 0 aromatic rings. The molecule has 0 aliphatic heterocycles. The van der Waals surface area contributed by atoms with Crippen LogP contribution in [0.4, 0.5) is 171 Å². The Morgan fingerprint density at radius 2 is 0.442 bits per heavy atom. The highest BCUT2D eigenvalue weighted by Crippen LogP contribution is 2.50. The SMILES string of the molecule is CC(C)(C(F)(F)F)C(F)(F)F.CC(C)C(C)C.CCC(C)(C)C.CCC(C)(C)C.CCC(C)CC.CCCC(C(F)(F)F)C(F)(F)F.CCCCC(C(F)(F)F)C(F)(F)F.CCCCCC(F)(F)F.CCCCCCC(F)(F)F.CCCC[C@H](C)C(F)(F)F.CCC[C@H](C)C(F)(F)F.CCC[C@H](C)CC(F)(F)F.C[C@@H](CCC(F)(F)F)C(F)(F)F. The highest BCUT2D eigenvalue weighted by Gasteiger charge is 2.64. The van der Waals surface area contributed by atoms with Crippen molar-refractivity contribution in [1.82, 2.24) is 0 Å². The quantitative estimate of drug-likeness (QED) is 0.0631. The van der Waals surface area contributed by atoms with Crippen LogP contribution < -0.4 is 0 Å². The van der Waals surface area contributed by atoms with Crippen molar-refractivity contribution < 1.29 is 171 Å². The zero-order chi connectivity index (χ0) is 100.0. The van der Waals surface area contributed by atoms with E-state index in [0.29, 0.717) is 49.4 Å². The molecule has 0 unspecified atom stereocenters. The number of halogens is 39. The van der Waals surface area contributed by atoms with Gasteiger partial charge in [-0.25, -0.2) is 0 Å². The Bertz CT molecular complexity index is 2080. The van der Waals surface area contributed by atoms with E-state index < -0.39 is 160 Å². The second-order valence-electron chi connectivity index (χ2n) is 32.7. The van der Waals surface area contributed by atoms with Crippen LogP contribution in [0.1, 0.15) is 374 Å². The van der Waals surface area contributed by atoms with Crippen molar-refractivity contribution in [2.24, 2.45) is 69.5 Å². The maximum Gasteiger partial charge on any atom is 0.402 e. The molecule has 0 N–H and O–H groups in total. The third-order valence-electron chi connectivity index (χ3n) is 17.3. The summed E-state index contributed by atoms with van der Waals surface area (Å²) in [5.41, 5.74) is -2.54. The van der Waals surface area contributed by atoms with Crippen molar-refractivity contribution in [3.63, 3.8) is 0 Å². The van der Waals surface area contributed by atoms with Gasteiger partial charge < -0.3 is 0 Å². The molecule has 0 saturated heterocycles. The van der Waals surface area contributed by atoms with E-state index in [1.54, 1.807) is 20.8 Å². The van der Waals surface area contributed by atoms with Crippen LogP contribution in [0, 0.1) is 69.5 Å². The molecule has 0 amide bonds. The molecule has 0 aliphatic carbocycles. The minimum absolute atomic E-state index is 0.0658. The summed E-state index contributed by atoms with van der Waals surface area (Å²) in [6, 6.07) is 0. The number of hydrogen-bond acceptors (Lipinski definition) is 0. The first-order valence-electron chi connectivity index (χ1n) is 40.5. The van der Waals surface area contributed by atoms with Crippen molar-refractivity contribution in [3.05, 3.63) is 0 Å². The molecule has 0 aromatic carbocycles. The Balaban J connectivity index is -0.0000000946. The van der Waals surface area contributed by atoms with Gasteiger partial charge in [-0.2, -0.15) is 171 Å². The molecule has 0 spiro atoms. The Kier molecular flexibility index (Phi) is 85.4. The molecule has 39 heteroatoms. The minimum atomic E-state index is -5.24. The van der Waals surface area contributed by atoms with Crippen molar-refractivity contribution in [2.75, 3.05) is 0 Å². The van der Waals surface area contributed by atoms with Gasteiger partial charge in [0.05, 0.1) is 17.8 Å². The van der Waals surface area contributed by atoms with Crippen molar-refractivity contribution >= 4 is 0 Å². The number of rotatable bonds is 25. The van der Waals surface area contributed by atoms with Gasteiger partial charge in [0.15, 0.2) is 17.3 Å². The molecule has 0 fully saturated rings. The summed E-state index contributed by atoms with van der Waals surface area (Å²) < 4.78 is 454. The average Bonchev–Trinajstić information content (AvgIpc) is 0.788. The molecule has 4 atom stereocenters. The predicted octanol–water partition coefficient (Wildman–Crippen LogP) is 40.1. The van der Waals surface area contributed by atoms with Gasteiger partial charge in [0, 0.05) is 25.7 Å². The van der Waals surface area contributed by atoms with Crippen LogP contribution in [-0.4, -0.2) is 80.3 Å². The van der Waals surface area contributed by atoms with E-state index >= 15 is 0 Å². The molecule has 746 valence electrons. The number of hydrogen-bond donors (Lipinski definition) is 0. The lowest BCUT2D eigenvalue weighted by Crippen LogP contribution is -2.44. The average molecular weight is 1860 g/mol. The second-order valence-corrected chi connectivity index (χ2v) is 32.7. The normalized spacial score (nSPS) is 13.8. The van der Waals surface area contributed by atoms with Gasteiger partial charge in [-0.15, -0.1) is 0 Å². The lowest BCUT2D eigenvalue weighted by Gasteiger charge is -2.29. The van der Waals surface area contributed by atoms with Crippen LogP contribution in [0.15, 0.2) is 0 Å². The van der Waals surface area contributed by atoms with Gasteiger partial charge in [0.25, 0.3) is 0 Å². The molecule has 120 heavy (non-hydrogen) atoms. The zero-order valence-electron chi connectivity index (χ0n) is 75.7. The fourth-order valence-electron chi connectivity index (χ4n) is 6.30. The number of alkyl halides is 39. The van der Waals surface area contributed by atoms with E-state index in [-0.39, 0.29) is 58.3 Å². The van der Waals surface area contributed by atoms with E-state index in [1.807, 2.05) is 27.7 Å². The monoisotopic (exact) mass is 1860 g/mol. The van der Waals surface area contributed by atoms with Gasteiger partial charge in [0.2, 0.25) is 0 Å². The smallest absolute Gasteiger partial charge is 0.171 e. The summed E-state index contributed by atoms with van der Waals surface area (Å²) in [4.78, 5) is 0. The fraction of sp³-hybridized carbons (Fsp3) is 1.00. The standard InChI is InChI=1S/C7H10F6.3C7H13F3.2C6H8F6.2C6H11F3.4C6H14.C5H6F6/c1-2-3-4-5(6(8,9)10)7(11,12)13;1-3-4-6(2)5-7(8,9)10;1-3-4-5-6(2)7(8,9)10;1-2-3-4-5-6-7(8,9)10;1-4(6(10,11)12)2-3-5(7,8)9;1-2-3-4(5(7,8)9)6(10,11)12;1-3-4-5(2)6(7,8)9;1-2-3-4-5-6(7,8)9;2*1-5-6(2,3)4;1-5(2)6(3)4;1-4-6(3)5-2;1-3(2,4(6,7)8)5(9,10)11/h5H,2-4H2,1H3;2*6H,3-5H2,1-2H3;2-6H2,1H3;2*4H,2-3H2,1H3;5H,3-4H2,1-2H3;2-5H2,1H3;2*5H2,1-4H3;5-6H,1-4H3;6H,4-5H2,1-3H3;1-2H3/t;2*6-;;4-;;5-;;;;;;/m.00.0.0....../s1. The molecule has 0 bridgehead atoms. The summed E-state index contributed by atoms with van der Waals surface area (Å²) in [5, 5.41) is 0. The zero-order valence-corrected chi connectivity index (χ0v) is 75.7. The third kappa shape index (κ3) is 119. The van der Waals surface area contributed by atoms with Crippen LogP contribution in [-0.2, 0) is 0 Å². The topological polar surface area (TPSA) is 0 Å². The largest absolute Gasteiger partial charge is 0.402 e. The van der Waals surface area contributed by atoms with Gasteiger partial charge in [0.1, 0.15) is 0 Å². The van der Waals surface area contributed by atoms with Crippen LogP contribution in [0.5, 0.6) is 0 Å². The first-order valence-corrected chi connectivity index (χ1v) is 40.5. The van der Waals surface area contributed by atoms with Gasteiger partial charge >= 0.3 is 80.3 Å². The summed E-state index contributed by atoms with van der Waals surface area (Å²) >= 11 is 0. The first kappa shape index (κ1) is 146. The Labute approximate surface area is 692 Å². The van der Waals surface area contributed by atoms with Crippen LogP contribution in [0.2, 0.25) is 0 Å². The molecule has 0 radical (unpaired) electrons. The summed E-state index contributed by atoms with van der Waals surface area (Å²) in [6.07, 6.45) is -51.9. The Morgan fingerprint density at radius 1 is 0.208 bits per heavy atom. The highest BCUT2D eigenvalue weighted by molar-refractivity contribution is 4.84. The molecule has 0 rings (SSSR count). The van der Waals surface area contributed by atoms with E-state index in [2.05, 4.69) is 104 Å². The highest BCUT2D eigenvalue weighted by atomic mass is 19.5. The van der Waals surface area contributed by atoms with Crippen LogP contribution in [0.3, 0.4) is 0 Å². The first-order chi connectivity index (χ1) is 52.6. The molecule has 0 aliphatic rings. The van der Waals surface area contributed by atoms with E-state index in [0.717, 1.165) is 56.8 Å². The second kappa shape index (κ2) is 70.3. The van der Waals surface area contributed by atoms with Crippen molar-refractivity contribution in [1.29, 1.82) is 0 Å². The van der Waals surface area contributed by atoms with E-state index in [4.69, 9.17) is 0 Å². The summed E-state index contributed by atoms with van der Waals surface area (Å²) in [5.74, 6) is -8.07. The molecule has 0 nitrogen and oxygen atoms in total. The summed E-state index contributed by atoms with van der Waals surface area (Å²) in [6.45, 7) is 50.8.